The molecule has 4 N–H and O–H groups in total. The highest BCUT2D eigenvalue weighted by atomic mass is 19.1. The standard InChI is InChI=1S/C26H32FN7O/c1-35-23-12-11-20(14-21(23)27)34(16-19-13-18-9-5-6-10-22(18)30-19)26-32-24(28)31-25(33-26)29-15-17-7-3-2-4-8-17/h5-6,9-12,14,17,19,30H,2-4,7-8,13,15-16H2,1H3,(H3,28,29,31,32,33). The lowest BCUT2D eigenvalue weighted by Crippen LogP contribution is -2.34. The molecule has 5 rings (SSSR count). The number of methoxy groups -OCH3 is 1. The van der Waals surface area contributed by atoms with Crippen molar-refractivity contribution in [1.82, 2.24) is 15.0 Å². The van der Waals surface area contributed by atoms with Crippen LogP contribution in [0.25, 0.3) is 0 Å². The molecule has 9 heteroatoms. The summed E-state index contributed by atoms with van der Waals surface area (Å²) >= 11 is 0. The minimum Gasteiger partial charge on any atom is -0.494 e. The van der Waals surface area contributed by atoms with Gasteiger partial charge in [-0.05, 0) is 48.9 Å². The molecule has 2 aromatic carbocycles. The second-order valence-electron chi connectivity index (χ2n) is 9.33. The van der Waals surface area contributed by atoms with Crippen molar-refractivity contribution >= 4 is 29.2 Å². The summed E-state index contributed by atoms with van der Waals surface area (Å²) < 4.78 is 19.8. The first-order valence-electron chi connectivity index (χ1n) is 12.3. The average molecular weight is 478 g/mol. The van der Waals surface area contributed by atoms with Crippen LogP contribution in [0.15, 0.2) is 42.5 Å². The minimum absolute atomic E-state index is 0.0919. The number of halogens is 1. The normalized spacial score (nSPS) is 17.5. The number of aromatic nitrogens is 3. The first kappa shape index (κ1) is 23.1. The van der Waals surface area contributed by atoms with Crippen molar-refractivity contribution < 1.29 is 9.13 Å². The van der Waals surface area contributed by atoms with Gasteiger partial charge in [-0.2, -0.15) is 15.0 Å². The van der Waals surface area contributed by atoms with Gasteiger partial charge in [0.2, 0.25) is 17.8 Å². The molecule has 1 aliphatic carbocycles. The van der Waals surface area contributed by atoms with Crippen LogP contribution in [0.4, 0.5) is 33.6 Å². The lowest BCUT2D eigenvalue weighted by atomic mass is 9.89. The van der Waals surface area contributed by atoms with Gasteiger partial charge in [-0.15, -0.1) is 0 Å². The lowest BCUT2D eigenvalue weighted by molar-refractivity contribution is 0.373. The van der Waals surface area contributed by atoms with E-state index in [0.717, 1.165) is 18.7 Å². The second kappa shape index (κ2) is 10.3. The van der Waals surface area contributed by atoms with Crippen LogP contribution < -0.4 is 26.0 Å². The van der Waals surface area contributed by atoms with Crippen molar-refractivity contribution in [2.45, 2.75) is 44.6 Å². The molecular weight excluding hydrogens is 445 g/mol. The van der Waals surface area contributed by atoms with E-state index in [1.807, 2.05) is 17.0 Å². The summed E-state index contributed by atoms with van der Waals surface area (Å²) in [6, 6.07) is 13.2. The molecule has 1 fully saturated rings. The Kier molecular flexibility index (Phi) is 6.83. The van der Waals surface area contributed by atoms with Crippen LogP contribution in [0.3, 0.4) is 0 Å². The van der Waals surface area contributed by atoms with Crippen LogP contribution in [0.2, 0.25) is 0 Å². The number of nitrogens with one attached hydrogen (secondary N) is 2. The molecule has 1 saturated carbocycles. The number of anilines is 5. The molecule has 35 heavy (non-hydrogen) atoms. The number of fused-ring (bicyclic) bond motifs is 1. The molecular formula is C26H32FN7O. The van der Waals surface area contributed by atoms with E-state index in [0.29, 0.717) is 30.0 Å². The second-order valence-corrected chi connectivity index (χ2v) is 9.33. The van der Waals surface area contributed by atoms with Crippen molar-refractivity contribution in [2.24, 2.45) is 5.92 Å². The highest BCUT2D eigenvalue weighted by molar-refractivity contribution is 5.63. The number of rotatable bonds is 8. The summed E-state index contributed by atoms with van der Waals surface area (Å²) in [5.74, 6) is 1.30. The van der Waals surface area contributed by atoms with Crippen LogP contribution in [-0.2, 0) is 6.42 Å². The Balaban J connectivity index is 1.42. The van der Waals surface area contributed by atoms with Crippen LogP contribution >= 0.6 is 0 Å². The average Bonchev–Trinajstić information content (AvgIpc) is 3.29. The fourth-order valence-electron chi connectivity index (χ4n) is 5.04. The maximum atomic E-state index is 14.7. The van der Waals surface area contributed by atoms with Gasteiger partial charge in [-0.25, -0.2) is 4.39 Å². The van der Waals surface area contributed by atoms with Crippen LogP contribution in [0, 0.1) is 11.7 Å². The number of ether oxygens (including phenoxy) is 1. The van der Waals surface area contributed by atoms with E-state index in [2.05, 4.69) is 37.7 Å². The molecule has 0 saturated heterocycles. The van der Waals surface area contributed by atoms with Crippen molar-refractivity contribution in [3.63, 3.8) is 0 Å². The number of nitrogens with zero attached hydrogens (tertiary/aromatic N) is 4. The van der Waals surface area contributed by atoms with Crippen molar-refractivity contribution in [3.05, 3.63) is 53.8 Å². The summed E-state index contributed by atoms with van der Waals surface area (Å²) in [5.41, 5.74) is 9.08. The zero-order chi connectivity index (χ0) is 24.2. The summed E-state index contributed by atoms with van der Waals surface area (Å²) in [6.07, 6.45) is 7.12. The maximum absolute atomic E-state index is 14.7. The lowest BCUT2D eigenvalue weighted by Gasteiger charge is -2.27. The Labute approximate surface area is 205 Å². The number of nitrogens with two attached hydrogens (primary N) is 1. The predicted molar refractivity (Wildman–Crippen MR) is 137 cm³/mol. The first-order chi connectivity index (χ1) is 17.1. The minimum atomic E-state index is -0.449. The van der Waals surface area contributed by atoms with Crippen LogP contribution in [0.5, 0.6) is 5.75 Å². The summed E-state index contributed by atoms with van der Waals surface area (Å²) in [6.45, 7) is 1.32. The Hall–Kier alpha value is -3.62. The fourth-order valence-corrected chi connectivity index (χ4v) is 5.04. The Morgan fingerprint density at radius 3 is 2.71 bits per heavy atom. The number of benzene rings is 2. The number of para-hydroxylation sites is 1. The van der Waals surface area contributed by atoms with E-state index in [-0.39, 0.29) is 17.7 Å². The first-order valence-corrected chi connectivity index (χ1v) is 12.3. The van der Waals surface area contributed by atoms with Gasteiger partial charge in [0, 0.05) is 36.6 Å². The molecule has 3 aromatic rings. The van der Waals surface area contributed by atoms with Crippen molar-refractivity contribution in [2.75, 3.05) is 41.5 Å². The SMILES string of the molecule is COc1ccc(N(CC2Cc3ccccc3N2)c2nc(N)nc(NCC3CCCCC3)n2)cc1F. The molecule has 2 heterocycles. The van der Waals surface area contributed by atoms with E-state index in [1.165, 1.54) is 50.8 Å². The highest BCUT2D eigenvalue weighted by Gasteiger charge is 2.26. The molecule has 0 bridgehead atoms. The van der Waals surface area contributed by atoms with Gasteiger partial charge in [0.25, 0.3) is 0 Å². The molecule has 1 aliphatic heterocycles. The molecule has 8 nitrogen and oxygen atoms in total. The van der Waals surface area contributed by atoms with Crippen molar-refractivity contribution in [3.8, 4) is 5.75 Å². The Morgan fingerprint density at radius 2 is 1.94 bits per heavy atom. The summed E-state index contributed by atoms with van der Waals surface area (Å²) in [5, 5.41) is 6.92. The van der Waals surface area contributed by atoms with Crippen LogP contribution in [0.1, 0.15) is 37.7 Å². The topological polar surface area (TPSA) is 101 Å². The maximum Gasteiger partial charge on any atom is 0.236 e. The van der Waals surface area contributed by atoms with Gasteiger partial charge in [-0.3, -0.25) is 0 Å². The molecule has 0 radical (unpaired) electrons. The third-order valence-electron chi connectivity index (χ3n) is 6.85. The van der Waals surface area contributed by atoms with Crippen LogP contribution in [-0.4, -0.2) is 41.2 Å². The number of hydrogen-bond donors (Lipinski definition) is 3. The van der Waals surface area contributed by atoms with Gasteiger partial charge >= 0.3 is 0 Å². The zero-order valence-electron chi connectivity index (χ0n) is 20.0. The zero-order valence-corrected chi connectivity index (χ0v) is 20.0. The van der Waals surface area contributed by atoms with E-state index in [1.54, 1.807) is 12.1 Å². The van der Waals surface area contributed by atoms with E-state index >= 15 is 0 Å². The van der Waals surface area contributed by atoms with Gasteiger partial charge in [0.1, 0.15) is 0 Å². The quantitative estimate of drug-likeness (QED) is 0.427. The predicted octanol–water partition coefficient (Wildman–Crippen LogP) is 4.77. The fraction of sp³-hybridized carbons (Fsp3) is 0.423. The van der Waals surface area contributed by atoms with Gasteiger partial charge in [0.05, 0.1) is 7.11 Å². The van der Waals surface area contributed by atoms with Crippen molar-refractivity contribution in [1.29, 1.82) is 0 Å². The Bertz CT molecular complexity index is 1140. The van der Waals surface area contributed by atoms with Gasteiger partial charge in [-0.1, -0.05) is 37.5 Å². The third kappa shape index (κ3) is 5.39. The van der Waals surface area contributed by atoms with E-state index in [9.17, 15) is 4.39 Å². The number of hydrogen-bond acceptors (Lipinski definition) is 8. The molecule has 1 atom stereocenters. The summed E-state index contributed by atoms with van der Waals surface area (Å²) in [4.78, 5) is 15.3. The summed E-state index contributed by atoms with van der Waals surface area (Å²) in [7, 11) is 1.45. The number of nitrogen functional groups attached to an aromatic ring is 1. The van der Waals surface area contributed by atoms with Gasteiger partial charge in [0.15, 0.2) is 11.6 Å². The monoisotopic (exact) mass is 477 g/mol. The molecule has 184 valence electrons. The molecule has 1 aromatic heterocycles. The highest BCUT2D eigenvalue weighted by Crippen LogP contribution is 2.32. The molecule has 2 aliphatic rings. The van der Waals surface area contributed by atoms with Gasteiger partial charge < -0.3 is 26.0 Å². The van der Waals surface area contributed by atoms with E-state index in [4.69, 9.17) is 10.5 Å². The third-order valence-corrected chi connectivity index (χ3v) is 6.85. The largest absolute Gasteiger partial charge is 0.494 e. The smallest absolute Gasteiger partial charge is 0.236 e. The molecule has 1 unspecified atom stereocenters. The molecule has 0 spiro atoms. The van der Waals surface area contributed by atoms with E-state index < -0.39 is 5.82 Å². The molecule has 0 amide bonds. The Morgan fingerprint density at radius 1 is 1.11 bits per heavy atom.